The lowest BCUT2D eigenvalue weighted by Crippen LogP contribution is -2.35. The van der Waals surface area contributed by atoms with E-state index >= 15 is 0 Å². The van der Waals surface area contributed by atoms with Gasteiger partial charge in [0.15, 0.2) is 17.6 Å². The number of nitrogens with one attached hydrogen (secondary N) is 1. The molecule has 2 aromatic carbocycles. The van der Waals surface area contributed by atoms with E-state index in [9.17, 15) is 9.59 Å². The van der Waals surface area contributed by atoms with E-state index in [1.54, 1.807) is 56.7 Å². The minimum absolute atomic E-state index is 0.253. The molecule has 3 rings (SSSR count). The van der Waals surface area contributed by atoms with Crippen LogP contribution < -0.4 is 14.8 Å². The summed E-state index contributed by atoms with van der Waals surface area (Å²) in [5.41, 5.74) is 1.81. The summed E-state index contributed by atoms with van der Waals surface area (Å²) in [6.45, 7) is 1.77. The van der Waals surface area contributed by atoms with Crippen LogP contribution in [0.25, 0.3) is 10.9 Å². The van der Waals surface area contributed by atoms with Crippen molar-refractivity contribution >= 4 is 34.4 Å². The Morgan fingerprint density at radius 3 is 2.53 bits per heavy atom. The van der Waals surface area contributed by atoms with E-state index in [2.05, 4.69) is 10.3 Å². The minimum atomic E-state index is -0.961. The molecule has 0 aliphatic carbocycles. The van der Waals surface area contributed by atoms with Crippen LogP contribution in [-0.4, -0.2) is 37.2 Å². The number of hydrogen-bond donors (Lipinski definition) is 1. The molecule has 0 radical (unpaired) electrons. The van der Waals surface area contributed by atoms with Gasteiger partial charge in [-0.25, -0.2) is 9.78 Å². The van der Waals surface area contributed by atoms with Gasteiger partial charge < -0.3 is 19.5 Å². The maximum atomic E-state index is 12.4. The van der Waals surface area contributed by atoms with E-state index in [1.807, 2.05) is 6.07 Å². The summed E-state index contributed by atoms with van der Waals surface area (Å²) in [7, 11) is 3.09. The van der Waals surface area contributed by atoms with Crippen LogP contribution in [0.4, 0.5) is 0 Å². The first-order valence-electron chi connectivity index (χ1n) is 9.17. The summed E-state index contributed by atoms with van der Waals surface area (Å²) in [4.78, 5) is 28.9. The van der Waals surface area contributed by atoms with Crippen LogP contribution in [0.3, 0.4) is 0 Å². The SMILES string of the molecule is COc1ccc(CNC(=O)C(C)OC(=O)c2ccc3nc(Cl)ccc3c2)cc1OC. The van der Waals surface area contributed by atoms with Crippen molar-refractivity contribution in [3.63, 3.8) is 0 Å². The highest BCUT2D eigenvalue weighted by atomic mass is 35.5. The molecule has 1 N–H and O–H groups in total. The highest BCUT2D eigenvalue weighted by Gasteiger charge is 2.19. The third kappa shape index (κ3) is 4.99. The van der Waals surface area contributed by atoms with E-state index in [1.165, 1.54) is 6.92 Å². The summed E-state index contributed by atoms with van der Waals surface area (Å²) in [6, 6.07) is 13.7. The van der Waals surface area contributed by atoms with Gasteiger partial charge >= 0.3 is 5.97 Å². The molecule has 1 amide bonds. The van der Waals surface area contributed by atoms with Crippen molar-refractivity contribution in [3.8, 4) is 11.5 Å². The number of carbonyl (C=O) groups excluding carboxylic acids is 2. The van der Waals surface area contributed by atoms with Gasteiger partial charge in [0.1, 0.15) is 5.15 Å². The van der Waals surface area contributed by atoms with Crippen LogP contribution >= 0.6 is 11.6 Å². The number of halogens is 1. The van der Waals surface area contributed by atoms with Crippen molar-refractivity contribution in [2.45, 2.75) is 19.6 Å². The summed E-state index contributed by atoms with van der Waals surface area (Å²) in [5.74, 6) is 0.159. The average Bonchev–Trinajstić information content (AvgIpc) is 2.76. The molecule has 0 saturated carbocycles. The van der Waals surface area contributed by atoms with E-state index < -0.39 is 18.0 Å². The molecule has 1 unspecified atom stereocenters. The predicted molar refractivity (Wildman–Crippen MR) is 113 cm³/mol. The molecule has 0 bridgehead atoms. The molecular formula is C22H21ClN2O5. The number of amides is 1. The van der Waals surface area contributed by atoms with Gasteiger partial charge in [0, 0.05) is 11.9 Å². The van der Waals surface area contributed by atoms with Gasteiger partial charge in [-0.3, -0.25) is 4.79 Å². The largest absolute Gasteiger partial charge is 0.493 e. The number of hydrogen-bond acceptors (Lipinski definition) is 6. The fourth-order valence-electron chi connectivity index (χ4n) is 2.83. The molecule has 0 spiro atoms. The Labute approximate surface area is 178 Å². The van der Waals surface area contributed by atoms with E-state index in [4.69, 9.17) is 25.8 Å². The summed E-state index contributed by atoms with van der Waals surface area (Å²) in [6.07, 6.45) is -0.961. The lowest BCUT2D eigenvalue weighted by molar-refractivity contribution is -0.129. The van der Waals surface area contributed by atoms with Crippen molar-refractivity contribution in [3.05, 3.63) is 64.8 Å². The Morgan fingerprint density at radius 1 is 1.03 bits per heavy atom. The van der Waals surface area contributed by atoms with Gasteiger partial charge in [-0.05, 0) is 55.0 Å². The lowest BCUT2D eigenvalue weighted by atomic mass is 10.1. The zero-order valence-electron chi connectivity index (χ0n) is 16.8. The number of esters is 1. The Balaban J connectivity index is 1.60. The van der Waals surface area contributed by atoms with E-state index in [-0.39, 0.29) is 6.54 Å². The number of fused-ring (bicyclic) bond motifs is 1. The number of aromatic nitrogens is 1. The Bertz CT molecular complexity index is 1090. The number of methoxy groups -OCH3 is 2. The maximum absolute atomic E-state index is 12.4. The number of nitrogens with zero attached hydrogens (tertiary/aromatic N) is 1. The second-order valence-corrected chi connectivity index (χ2v) is 6.88. The predicted octanol–water partition coefficient (Wildman–Crippen LogP) is 3.77. The normalized spacial score (nSPS) is 11.6. The fraction of sp³-hybridized carbons (Fsp3) is 0.227. The third-order valence-electron chi connectivity index (χ3n) is 4.46. The third-order valence-corrected chi connectivity index (χ3v) is 4.67. The number of benzene rings is 2. The molecule has 1 atom stereocenters. The fourth-order valence-corrected chi connectivity index (χ4v) is 2.99. The second-order valence-electron chi connectivity index (χ2n) is 6.50. The van der Waals surface area contributed by atoms with Gasteiger partial charge in [0.2, 0.25) is 0 Å². The second kappa shape index (κ2) is 9.45. The average molecular weight is 429 g/mol. The first-order valence-corrected chi connectivity index (χ1v) is 9.55. The van der Waals surface area contributed by atoms with Crippen LogP contribution in [0.5, 0.6) is 11.5 Å². The number of pyridine rings is 1. The molecule has 0 aliphatic rings. The maximum Gasteiger partial charge on any atom is 0.338 e. The quantitative estimate of drug-likeness (QED) is 0.455. The molecule has 8 heteroatoms. The highest BCUT2D eigenvalue weighted by molar-refractivity contribution is 6.29. The standard InChI is InChI=1S/C22H21ClN2O5/c1-13(21(26)24-12-14-4-8-18(28-2)19(10-14)29-3)30-22(27)16-5-7-17-15(11-16)6-9-20(23)25-17/h4-11,13H,12H2,1-3H3,(H,24,26). The number of ether oxygens (including phenoxy) is 3. The van der Waals surface area contributed by atoms with Crippen molar-refractivity contribution in [2.24, 2.45) is 0 Å². The van der Waals surface area contributed by atoms with E-state index in [0.717, 1.165) is 10.9 Å². The zero-order chi connectivity index (χ0) is 21.7. The molecule has 0 fully saturated rings. The van der Waals surface area contributed by atoms with Crippen LogP contribution in [-0.2, 0) is 16.1 Å². The summed E-state index contributed by atoms with van der Waals surface area (Å²) in [5, 5.41) is 3.87. The van der Waals surface area contributed by atoms with Gasteiger partial charge in [-0.2, -0.15) is 0 Å². The number of carbonyl (C=O) groups is 2. The van der Waals surface area contributed by atoms with Crippen LogP contribution in [0, 0.1) is 0 Å². The van der Waals surface area contributed by atoms with Crippen LogP contribution in [0.2, 0.25) is 5.15 Å². The van der Waals surface area contributed by atoms with Gasteiger partial charge in [0.05, 0.1) is 25.3 Å². The first-order chi connectivity index (χ1) is 14.4. The van der Waals surface area contributed by atoms with Crippen molar-refractivity contribution in [2.75, 3.05) is 14.2 Å². The molecule has 0 saturated heterocycles. The Morgan fingerprint density at radius 2 is 1.80 bits per heavy atom. The van der Waals surface area contributed by atoms with Crippen LogP contribution in [0.15, 0.2) is 48.5 Å². The molecule has 30 heavy (non-hydrogen) atoms. The lowest BCUT2D eigenvalue weighted by Gasteiger charge is -2.14. The smallest absolute Gasteiger partial charge is 0.338 e. The monoisotopic (exact) mass is 428 g/mol. The van der Waals surface area contributed by atoms with Gasteiger partial charge in [0.25, 0.3) is 5.91 Å². The number of rotatable bonds is 7. The Hall–Kier alpha value is -3.32. The Kier molecular flexibility index (Phi) is 6.74. The van der Waals surface area contributed by atoms with Crippen molar-refractivity contribution in [1.29, 1.82) is 0 Å². The van der Waals surface area contributed by atoms with Gasteiger partial charge in [-0.1, -0.05) is 17.7 Å². The molecular weight excluding hydrogens is 408 g/mol. The van der Waals surface area contributed by atoms with Crippen LogP contribution in [0.1, 0.15) is 22.8 Å². The molecule has 7 nitrogen and oxygen atoms in total. The zero-order valence-corrected chi connectivity index (χ0v) is 17.5. The van der Waals surface area contributed by atoms with Gasteiger partial charge in [-0.15, -0.1) is 0 Å². The minimum Gasteiger partial charge on any atom is -0.493 e. The summed E-state index contributed by atoms with van der Waals surface area (Å²) < 4.78 is 15.7. The van der Waals surface area contributed by atoms with E-state index in [0.29, 0.717) is 27.7 Å². The molecule has 1 heterocycles. The molecule has 3 aromatic rings. The molecule has 156 valence electrons. The first kappa shape index (κ1) is 21.4. The molecule has 0 aliphatic heterocycles. The topological polar surface area (TPSA) is 86.8 Å². The highest BCUT2D eigenvalue weighted by Crippen LogP contribution is 2.27. The summed E-state index contributed by atoms with van der Waals surface area (Å²) >= 11 is 5.87. The van der Waals surface area contributed by atoms with Crippen molar-refractivity contribution < 1.29 is 23.8 Å². The molecule has 1 aromatic heterocycles. The van der Waals surface area contributed by atoms with Crippen molar-refractivity contribution in [1.82, 2.24) is 10.3 Å².